The Morgan fingerprint density at radius 1 is 1.45 bits per heavy atom. The van der Waals surface area contributed by atoms with E-state index in [-0.39, 0.29) is 12.1 Å². The molecule has 0 bridgehead atoms. The number of hydrogen-bond acceptors (Lipinski definition) is 2. The number of aromatic nitrogens is 1. The summed E-state index contributed by atoms with van der Waals surface area (Å²) in [6.07, 6.45) is 0.763. The maximum atomic E-state index is 12.4. The first-order valence-corrected chi connectivity index (χ1v) is 2.91. The predicted molar refractivity (Wildman–Crippen MR) is 33.5 cm³/mol. The summed E-state index contributed by atoms with van der Waals surface area (Å²) >= 11 is 0. The van der Waals surface area contributed by atoms with E-state index in [4.69, 9.17) is 5.26 Å². The van der Waals surface area contributed by atoms with Crippen LogP contribution in [0, 0.1) is 23.0 Å². The summed E-state index contributed by atoms with van der Waals surface area (Å²) < 4.78 is 24.6. The van der Waals surface area contributed by atoms with Crippen LogP contribution in [0.5, 0.6) is 0 Å². The summed E-state index contributed by atoms with van der Waals surface area (Å²) in [4.78, 5) is 3.49. The molecular weight excluding hydrogens is 150 g/mol. The summed E-state index contributed by atoms with van der Waals surface area (Å²) in [5.74, 6) is -1.96. The first kappa shape index (κ1) is 7.61. The normalized spacial score (nSPS) is 9.18. The molecule has 0 aliphatic rings. The molecule has 1 aromatic heterocycles. The van der Waals surface area contributed by atoms with Gasteiger partial charge >= 0.3 is 0 Å². The van der Waals surface area contributed by atoms with Gasteiger partial charge in [-0.05, 0) is 6.07 Å². The first-order chi connectivity index (χ1) is 5.24. The maximum absolute atomic E-state index is 12.4. The van der Waals surface area contributed by atoms with Gasteiger partial charge in [-0.25, -0.2) is 8.78 Å². The van der Waals surface area contributed by atoms with E-state index in [1.807, 2.05) is 0 Å². The highest BCUT2D eigenvalue weighted by atomic mass is 19.2. The smallest absolute Gasteiger partial charge is 0.177 e. The van der Waals surface area contributed by atoms with Crippen molar-refractivity contribution in [2.75, 3.05) is 0 Å². The molecule has 4 heteroatoms. The van der Waals surface area contributed by atoms with Crippen LogP contribution in [-0.2, 0) is 6.42 Å². The van der Waals surface area contributed by atoms with Gasteiger partial charge in [-0.3, -0.25) is 4.98 Å². The van der Waals surface area contributed by atoms with Crippen molar-refractivity contribution in [3.8, 4) is 6.07 Å². The Kier molecular flexibility index (Phi) is 2.12. The van der Waals surface area contributed by atoms with E-state index in [0.29, 0.717) is 0 Å². The van der Waals surface area contributed by atoms with E-state index in [2.05, 4.69) is 4.98 Å². The third kappa shape index (κ3) is 1.71. The minimum Gasteiger partial charge on any atom is -0.257 e. The molecule has 0 N–H and O–H groups in total. The Bertz CT molecular complexity index is 304. The molecule has 0 radical (unpaired) electrons. The SMILES string of the molecule is N#CCc1cc(F)c(F)cn1. The molecule has 0 aliphatic carbocycles. The number of nitriles is 1. The molecule has 0 amide bonds. The summed E-state index contributed by atoms with van der Waals surface area (Å²) in [6.45, 7) is 0. The molecule has 56 valence electrons. The highest BCUT2D eigenvalue weighted by molar-refractivity contribution is 5.10. The summed E-state index contributed by atoms with van der Waals surface area (Å²) in [5, 5.41) is 8.17. The van der Waals surface area contributed by atoms with E-state index in [0.717, 1.165) is 12.3 Å². The summed E-state index contributed by atoms with van der Waals surface area (Å²) in [7, 11) is 0. The summed E-state index contributed by atoms with van der Waals surface area (Å²) in [5.41, 5.74) is 0.242. The molecule has 1 rings (SSSR count). The van der Waals surface area contributed by atoms with Crippen LogP contribution >= 0.6 is 0 Å². The van der Waals surface area contributed by atoms with Crippen molar-refractivity contribution in [2.24, 2.45) is 0 Å². The molecule has 2 nitrogen and oxygen atoms in total. The molecule has 0 aromatic carbocycles. The standard InChI is InChI=1S/C7H4F2N2/c8-6-3-5(1-2-10)11-4-7(6)9/h3-4H,1H2. The molecule has 1 aromatic rings. The van der Waals surface area contributed by atoms with Crippen molar-refractivity contribution in [1.82, 2.24) is 4.98 Å². The van der Waals surface area contributed by atoms with E-state index in [9.17, 15) is 8.78 Å². The highest BCUT2D eigenvalue weighted by Gasteiger charge is 2.02. The van der Waals surface area contributed by atoms with Crippen LogP contribution < -0.4 is 0 Å². The second-order valence-corrected chi connectivity index (χ2v) is 1.92. The van der Waals surface area contributed by atoms with E-state index in [1.165, 1.54) is 0 Å². The molecule has 11 heavy (non-hydrogen) atoms. The van der Waals surface area contributed by atoms with Crippen molar-refractivity contribution in [3.63, 3.8) is 0 Å². The molecule has 0 unspecified atom stereocenters. The molecule has 1 heterocycles. The van der Waals surface area contributed by atoms with Gasteiger partial charge in [-0.2, -0.15) is 5.26 Å². The van der Waals surface area contributed by atoms with Crippen LogP contribution in [0.25, 0.3) is 0 Å². The van der Waals surface area contributed by atoms with E-state index in [1.54, 1.807) is 6.07 Å². The lowest BCUT2D eigenvalue weighted by Gasteiger charge is -1.93. The second-order valence-electron chi connectivity index (χ2n) is 1.92. The summed E-state index contributed by atoms with van der Waals surface area (Å²) in [6, 6.07) is 2.69. The molecule has 0 aliphatic heterocycles. The largest absolute Gasteiger partial charge is 0.257 e. The molecule has 0 saturated carbocycles. The van der Waals surface area contributed by atoms with Crippen LogP contribution in [-0.4, -0.2) is 4.98 Å². The van der Waals surface area contributed by atoms with Gasteiger partial charge in [0.15, 0.2) is 11.6 Å². The van der Waals surface area contributed by atoms with Gasteiger partial charge in [0.25, 0.3) is 0 Å². The van der Waals surface area contributed by atoms with E-state index >= 15 is 0 Å². The fraction of sp³-hybridized carbons (Fsp3) is 0.143. The zero-order valence-corrected chi connectivity index (χ0v) is 5.51. The Hall–Kier alpha value is -1.50. The molecule has 0 spiro atoms. The fourth-order valence-electron chi connectivity index (χ4n) is 0.631. The molecular formula is C7H4F2N2. The Balaban J connectivity index is 2.98. The van der Waals surface area contributed by atoms with Crippen LogP contribution in [0.4, 0.5) is 8.78 Å². The van der Waals surface area contributed by atoms with Gasteiger partial charge < -0.3 is 0 Å². The van der Waals surface area contributed by atoms with Crippen LogP contribution in [0.3, 0.4) is 0 Å². The van der Waals surface area contributed by atoms with Gasteiger partial charge in [0.1, 0.15) is 0 Å². The lowest BCUT2D eigenvalue weighted by atomic mass is 10.3. The van der Waals surface area contributed by atoms with Gasteiger partial charge in [-0.1, -0.05) is 0 Å². The van der Waals surface area contributed by atoms with Crippen molar-refractivity contribution in [2.45, 2.75) is 6.42 Å². The maximum Gasteiger partial charge on any atom is 0.177 e. The minimum absolute atomic E-state index is 0.00278. The Morgan fingerprint density at radius 3 is 2.73 bits per heavy atom. The van der Waals surface area contributed by atoms with Gasteiger partial charge in [0.05, 0.1) is 24.4 Å². The zero-order valence-electron chi connectivity index (χ0n) is 5.51. The number of nitrogens with zero attached hydrogens (tertiary/aromatic N) is 2. The molecule has 0 fully saturated rings. The van der Waals surface area contributed by atoms with Crippen LogP contribution in [0.2, 0.25) is 0 Å². The quantitative estimate of drug-likeness (QED) is 0.613. The monoisotopic (exact) mass is 154 g/mol. The lowest BCUT2D eigenvalue weighted by Crippen LogP contribution is -1.92. The van der Waals surface area contributed by atoms with E-state index < -0.39 is 11.6 Å². The third-order valence-corrected chi connectivity index (χ3v) is 1.13. The predicted octanol–water partition coefficient (Wildman–Crippen LogP) is 1.43. The van der Waals surface area contributed by atoms with Gasteiger partial charge in [-0.15, -0.1) is 0 Å². The van der Waals surface area contributed by atoms with Crippen molar-refractivity contribution >= 4 is 0 Å². The second kappa shape index (κ2) is 3.06. The van der Waals surface area contributed by atoms with Gasteiger partial charge in [0, 0.05) is 0 Å². The minimum atomic E-state index is -0.994. The third-order valence-electron chi connectivity index (χ3n) is 1.13. The number of rotatable bonds is 1. The van der Waals surface area contributed by atoms with Crippen LogP contribution in [0.1, 0.15) is 5.69 Å². The Labute approximate surface area is 62.1 Å². The number of pyridine rings is 1. The lowest BCUT2D eigenvalue weighted by molar-refractivity contribution is 0.502. The highest BCUT2D eigenvalue weighted by Crippen LogP contribution is 2.04. The average Bonchev–Trinajstić information content (AvgIpc) is 1.98. The van der Waals surface area contributed by atoms with Crippen molar-refractivity contribution < 1.29 is 8.78 Å². The molecule has 0 saturated heterocycles. The molecule has 0 atom stereocenters. The first-order valence-electron chi connectivity index (χ1n) is 2.91. The Morgan fingerprint density at radius 2 is 2.18 bits per heavy atom. The van der Waals surface area contributed by atoms with Crippen LogP contribution in [0.15, 0.2) is 12.3 Å². The topological polar surface area (TPSA) is 36.7 Å². The van der Waals surface area contributed by atoms with Gasteiger partial charge in [0.2, 0.25) is 0 Å². The van der Waals surface area contributed by atoms with Crippen molar-refractivity contribution in [3.05, 3.63) is 29.6 Å². The number of halogens is 2. The van der Waals surface area contributed by atoms with Crippen molar-refractivity contribution in [1.29, 1.82) is 5.26 Å². The average molecular weight is 154 g/mol. The number of hydrogen-bond donors (Lipinski definition) is 0. The zero-order chi connectivity index (χ0) is 8.27. The fourth-order valence-corrected chi connectivity index (χ4v) is 0.631.